The molecular weight excluding hydrogens is 187 g/mol. The molecule has 0 radical (unpaired) electrons. The lowest BCUT2D eigenvalue weighted by atomic mass is 10.3. The first kappa shape index (κ1) is 8.65. The number of aliphatic hydroxyl groups is 1. The maximum atomic E-state index is 8.39. The Kier molecular flexibility index (Phi) is 3.00. The number of ether oxygens (including phenoxy) is 1. The van der Waals surface area contributed by atoms with Gasteiger partial charge in [-0.1, -0.05) is 23.2 Å². The maximum Gasteiger partial charge on any atom is 0.186 e. The minimum absolute atomic E-state index is 0.378. The highest BCUT2D eigenvalue weighted by Crippen LogP contribution is 2.23. The summed E-state index contributed by atoms with van der Waals surface area (Å²) in [5, 5.41) is 9.37. The fraction of sp³-hybridized carbons (Fsp3) is 0.143. The van der Waals surface area contributed by atoms with Crippen molar-refractivity contribution in [2.75, 3.05) is 6.79 Å². The average Bonchev–Trinajstić information content (AvgIpc) is 1.85. The summed E-state index contributed by atoms with van der Waals surface area (Å²) in [5.74, 6) is 0.463. The van der Waals surface area contributed by atoms with Crippen molar-refractivity contribution in [2.24, 2.45) is 0 Å². The maximum absolute atomic E-state index is 8.39. The number of benzene rings is 1. The lowest BCUT2D eigenvalue weighted by molar-refractivity contribution is 0.0986. The Hall–Kier alpha value is -0.440. The predicted molar refractivity (Wildman–Crippen MR) is 44.2 cm³/mol. The monoisotopic (exact) mass is 192 g/mol. The molecule has 0 saturated heterocycles. The van der Waals surface area contributed by atoms with E-state index >= 15 is 0 Å². The van der Waals surface area contributed by atoms with Gasteiger partial charge < -0.3 is 9.84 Å². The third-order valence-electron chi connectivity index (χ3n) is 1.07. The van der Waals surface area contributed by atoms with Crippen molar-refractivity contribution in [3.05, 3.63) is 28.2 Å². The normalized spacial score (nSPS) is 9.73. The summed E-state index contributed by atoms with van der Waals surface area (Å²) in [7, 11) is 0. The molecule has 0 aliphatic rings. The van der Waals surface area contributed by atoms with Gasteiger partial charge in [-0.3, -0.25) is 0 Å². The molecule has 0 spiro atoms. The standard InChI is InChI=1S/C7H6Cl2O2/c8-5-1-6(9)3-7(2-5)11-4-10/h1-3,10H,4H2. The molecule has 0 fully saturated rings. The van der Waals surface area contributed by atoms with Crippen molar-refractivity contribution in [3.8, 4) is 5.75 Å². The summed E-state index contributed by atoms with van der Waals surface area (Å²) in [6, 6.07) is 4.74. The van der Waals surface area contributed by atoms with Gasteiger partial charge in [0.15, 0.2) is 6.79 Å². The van der Waals surface area contributed by atoms with E-state index in [1.165, 1.54) is 0 Å². The minimum Gasteiger partial charge on any atom is -0.468 e. The van der Waals surface area contributed by atoms with Gasteiger partial charge in [0.2, 0.25) is 0 Å². The predicted octanol–water partition coefficient (Wildman–Crippen LogP) is 2.32. The van der Waals surface area contributed by atoms with Crippen LogP contribution in [0.25, 0.3) is 0 Å². The molecule has 0 aliphatic carbocycles. The number of halogens is 2. The molecular formula is C7H6Cl2O2. The van der Waals surface area contributed by atoms with Crippen LogP contribution in [0.3, 0.4) is 0 Å². The second kappa shape index (κ2) is 3.81. The second-order valence-electron chi connectivity index (χ2n) is 1.88. The number of rotatable bonds is 2. The van der Waals surface area contributed by atoms with Gasteiger partial charge in [0.25, 0.3) is 0 Å². The summed E-state index contributed by atoms with van der Waals surface area (Å²) in [4.78, 5) is 0. The van der Waals surface area contributed by atoms with Gasteiger partial charge in [-0.05, 0) is 18.2 Å². The molecule has 1 N–H and O–H groups in total. The Morgan fingerprint density at radius 2 is 1.73 bits per heavy atom. The quantitative estimate of drug-likeness (QED) is 0.730. The molecule has 1 aromatic carbocycles. The van der Waals surface area contributed by atoms with Gasteiger partial charge >= 0.3 is 0 Å². The van der Waals surface area contributed by atoms with E-state index in [0.29, 0.717) is 15.8 Å². The van der Waals surface area contributed by atoms with Crippen LogP contribution in [0.2, 0.25) is 10.0 Å². The van der Waals surface area contributed by atoms with E-state index in [0.717, 1.165) is 0 Å². The van der Waals surface area contributed by atoms with Crippen molar-refractivity contribution in [1.82, 2.24) is 0 Å². The first-order valence-electron chi connectivity index (χ1n) is 2.92. The fourth-order valence-electron chi connectivity index (χ4n) is 0.686. The van der Waals surface area contributed by atoms with E-state index in [-0.39, 0.29) is 6.79 Å². The van der Waals surface area contributed by atoms with Crippen molar-refractivity contribution in [1.29, 1.82) is 0 Å². The molecule has 0 unspecified atom stereocenters. The van der Waals surface area contributed by atoms with E-state index in [9.17, 15) is 0 Å². The van der Waals surface area contributed by atoms with Crippen LogP contribution < -0.4 is 4.74 Å². The van der Waals surface area contributed by atoms with Crippen LogP contribution in [0.15, 0.2) is 18.2 Å². The van der Waals surface area contributed by atoms with Crippen molar-refractivity contribution < 1.29 is 9.84 Å². The van der Waals surface area contributed by atoms with E-state index in [1.807, 2.05) is 0 Å². The molecule has 0 aromatic heterocycles. The van der Waals surface area contributed by atoms with Crippen molar-refractivity contribution >= 4 is 23.2 Å². The summed E-state index contributed by atoms with van der Waals surface area (Å²) < 4.78 is 4.75. The summed E-state index contributed by atoms with van der Waals surface area (Å²) in [5.41, 5.74) is 0. The summed E-state index contributed by atoms with van der Waals surface area (Å²) >= 11 is 11.3. The molecule has 0 bridgehead atoms. The van der Waals surface area contributed by atoms with Gasteiger partial charge in [0, 0.05) is 10.0 Å². The molecule has 0 atom stereocenters. The first-order chi connectivity index (χ1) is 5.22. The van der Waals surface area contributed by atoms with E-state index in [2.05, 4.69) is 0 Å². The Morgan fingerprint density at radius 3 is 2.18 bits per heavy atom. The minimum atomic E-state index is -0.378. The fourth-order valence-corrected chi connectivity index (χ4v) is 1.19. The van der Waals surface area contributed by atoms with Gasteiger partial charge in [-0.2, -0.15) is 0 Å². The SMILES string of the molecule is OCOc1cc(Cl)cc(Cl)c1. The zero-order valence-corrected chi connectivity index (χ0v) is 7.06. The lowest BCUT2D eigenvalue weighted by Crippen LogP contribution is -1.93. The molecule has 0 heterocycles. The Morgan fingerprint density at radius 1 is 1.18 bits per heavy atom. The molecule has 1 rings (SSSR count). The first-order valence-corrected chi connectivity index (χ1v) is 3.67. The Balaban J connectivity index is 2.89. The highest BCUT2D eigenvalue weighted by molar-refractivity contribution is 6.34. The zero-order chi connectivity index (χ0) is 8.27. The Labute approximate surface area is 74.3 Å². The van der Waals surface area contributed by atoms with E-state index < -0.39 is 0 Å². The average molecular weight is 193 g/mol. The molecule has 60 valence electrons. The lowest BCUT2D eigenvalue weighted by Gasteiger charge is -2.02. The molecule has 1 aromatic rings. The van der Waals surface area contributed by atoms with Crippen molar-refractivity contribution in [2.45, 2.75) is 0 Å². The van der Waals surface area contributed by atoms with Crippen LogP contribution in [0.1, 0.15) is 0 Å². The summed E-state index contributed by atoms with van der Waals surface area (Å²) in [6.07, 6.45) is 0. The number of aliphatic hydroxyl groups excluding tert-OH is 1. The third kappa shape index (κ3) is 2.58. The van der Waals surface area contributed by atoms with Crippen LogP contribution in [-0.2, 0) is 0 Å². The number of hydrogen-bond acceptors (Lipinski definition) is 2. The van der Waals surface area contributed by atoms with Crippen molar-refractivity contribution in [3.63, 3.8) is 0 Å². The molecule has 0 aliphatic heterocycles. The zero-order valence-electron chi connectivity index (χ0n) is 5.55. The van der Waals surface area contributed by atoms with Crippen LogP contribution >= 0.6 is 23.2 Å². The van der Waals surface area contributed by atoms with E-state index in [1.54, 1.807) is 18.2 Å². The highest BCUT2D eigenvalue weighted by Gasteiger charge is 1.97. The van der Waals surface area contributed by atoms with Gasteiger partial charge in [0.05, 0.1) is 0 Å². The van der Waals surface area contributed by atoms with Crippen LogP contribution in [-0.4, -0.2) is 11.9 Å². The third-order valence-corrected chi connectivity index (χ3v) is 1.50. The molecule has 0 amide bonds. The smallest absolute Gasteiger partial charge is 0.186 e. The molecule has 4 heteroatoms. The van der Waals surface area contributed by atoms with Gasteiger partial charge in [-0.25, -0.2) is 0 Å². The molecule has 0 saturated carbocycles. The van der Waals surface area contributed by atoms with Crippen LogP contribution in [0.4, 0.5) is 0 Å². The van der Waals surface area contributed by atoms with Gasteiger partial charge in [0.1, 0.15) is 5.75 Å². The Bertz CT molecular complexity index is 230. The summed E-state index contributed by atoms with van der Waals surface area (Å²) in [6.45, 7) is -0.378. The van der Waals surface area contributed by atoms with E-state index in [4.69, 9.17) is 33.0 Å². The topological polar surface area (TPSA) is 29.5 Å². The second-order valence-corrected chi connectivity index (χ2v) is 2.75. The highest BCUT2D eigenvalue weighted by atomic mass is 35.5. The largest absolute Gasteiger partial charge is 0.468 e. The molecule has 11 heavy (non-hydrogen) atoms. The van der Waals surface area contributed by atoms with Crippen LogP contribution in [0.5, 0.6) is 5.75 Å². The van der Waals surface area contributed by atoms with Gasteiger partial charge in [-0.15, -0.1) is 0 Å². The number of hydrogen-bond donors (Lipinski definition) is 1. The van der Waals surface area contributed by atoms with Crippen LogP contribution in [0, 0.1) is 0 Å². The molecule has 2 nitrogen and oxygen atoms in total.